The average molecular weight is 515 g/mol. The Morgan fingerprint density at radius 1 is 1.24 bits per heavy atom. The number of carbonyl (C=O) groups excluding carboxylic acids is 1. The van der Waals surface area contributed by atoms with Crippen LogP contribution >= 0.6 is 0 Å². The van der Waals surface area contributed by atoms with Gasteiger partial charge in [0.25, 0.3) is 5.91 Å². The summed E-state index contributed by atoms with van der Waals surface area (Å²) in [5, 5.41) is 0. The Labute approximate surface area is 222 Å². The number of imidazole rings is 1. The van der Waals surface area contributed by atoms with Gasteiger partial charge in [-0.3, -0.25) is 9.79 Å². The van der Waals surface area contributed by atoms with Crippen LogP contribution in [-0.2, 0) is 4.79 Å². The summed E-state index contributed by atoms with van der Waals surface area (Å²) in [7, 11) is 1.41. The van der Waals surface area contributed by atoms with Crippen LogP contribution < -0.4 is 9.47 Å². The lowest BCUT2D eigenvalue weighted by Gasteiger charge is -2.31. The number of hydrogen-bond acceptors (Lipinski definition) is 5. The van der Waals surface area contributed by atoms with Crippen LogP contribution in [0.25, 0.3) is 17.0 Å². The van der Waals surface area contributed by atoms with Crippen molar-refractivity contribution in [1.29, 1.82) is 0 Å². The number of halogens is 1. The summed E-state index contributed by atoms with van der Waals surface area (Å²) in [6.45, 7) is 10.5. The molecule has 8 heteroatoms. The third-order valence-electron chi connectivity index (χ3n) is 6.57. The Morgan fingerprint density at radius 3 is 2.66 bits per heavy atom. The molecule has 38 heavy (non-hydrogen) atoms. The van der Waals surface area contributed by atoms with E-state index >= 15 is 0 Å². The van der Waals surface area contributed by atoms with Gasteiger partial charge in [0.15, 0.2) is 11.5 Å². The van der Waals surface area contributed by atoms with E-state index in [4.69, 9.17) is 14.5 Å². The van der Waals surface area contributed by atoms with Gasteiger partial charge in [0.1, 0.15) is 11.6 Å². The van der Waals surface area contributed by atoms with Gasteiger partial charge in [-0.05, 0) is 82.6 Å². The summed E-state index contributed by atoms with van der Waals surface area (Å²) in [5.41, 5.74) is 3.53. The van der Waals surface area contributed by atoms with E-state index in [1.807, 2.05) is 26.0 Å². The SMILES string of the molecule is C=N/C=C(/C)n1c([C@@H]2CCCN(C(=O)C#CC)C2)nc(-c2ccc(Oc3cccc(OC)c3F)cc2)c1C. The third kappa shape index (κ3) is 5.47. The lowest BCUT2D eigenvalue weighted by atomic mass is 9.97. The van der Waals surface area contributed by atoms with Gasteiger partial charge < -0.3 is 18.9 Å². The fourth-order valence-electron chi connectivity index (χ4n) is 4.80. The first-order chi connectivity index (χ1) is 18.4. The zero-order valence-corrected chi connectivity index (χ0v) is 22.1. The molecule has 2 heterocycles. The lowest BCUT2D eigenvalue weighted by Crippen LogP contribution is -2.39. The second-order valence-electron chi connectivity index (χ2n) is 9.06. The van der Waals surface area contributed by atoms with Crippen molar-refractivity contribution in [2.75, 3.05) is 20.2 Å². The highest BCUT2D eigenvalue weighted by atomic mass is 19.1. The molecule has 1 amide bonds. The standard InChI is InChI=1S/C30H31FN4O3/c1-6-9-27(36)34-17-8-10-23(19-34)30-33-29(21(3)35(30)20(2)18-32-4)22-13-15-24(16-14-22)38-26-12-7-11-25(37-5)28(26)31/h7,11-16,18,23H,4,8,10,17,19H2,1-3,5H3/b20-18-/t23-/m1/s1. The van der Waals surface area contributed by atoms with Crippen molar-refractivity contribution in [2.24, 2.45) is 4.99 Å². The van der Waals surface area contributed by atoms with Crippen LogP contribution in [0.15, 0.2) is 53.7 Å². The van der Waals surface area contributed by atoms with Gasteiger partial charge in [0.2, 0.25) is 5.82 Å². The zero-order valence-electron chi connectivity index (χ0n) is 22.1. The van der Waals surface area contributed by atoms with Crippen LogP contribution in [0.2, 0.25) is 0 Å². The van der Waals surface area contributed by atoms with E-state index in [1.165, 1.54) is 7.11 Å². The van der Waals surface area contributed by atoms with Gasteiger partial charge in [-0.1, -0.05) is 12.0 Å². The van der Waals surface area contributed by atoms with E-state index in [1.54, 1.807) is 48.4 Å². The van der Waals surface area contributed by atoms with Crippen LogP contribution in [0.3, 0.4) is 0 Å². The third-order valence-corrected chi connectivity index (χ3v) is 6.57. The number of hydrogen-bond donors (Lipinski definition) is 0. The Morgan fingerprint density at radius 2 is 1.97 bits per heavy atom. The maximum atomic E-state index is 14.5. The van der Waals surface area contributed by atoms with E-state index in [2.05, 4.69) is 28.1 Å². The van der Waals surface area contributed by atoms with E-state index in [9.17, 15) is 9.18 Å². The Bertz CT molecular complexity index is 1430. The van der Waals surface area contributed by atoms with Crippen LogP contribution in [0.1, 0.15) is 44.1 Å². The van der Waals surface area contributed by atoms with Crippen molar-refractivity contribution in [3.8, 4) is 40.3 Å². The Kier molecular flexibility index (Phi) is 8.27. The maximum Gasteiger partial charge on any atom is 0.298 e. The summed E-state index contributed by atoms with van der Waals surface area (Å²) >= 11 is 0. The minimum absolute atomic E-state index is 0.0469. The van der Waals surface area contributed by atoms with Crippen LogP contribution in [0, 0.1) is 24.6 Å². The molecule has 4 rings (SSSR count). The van der Waals surface area contributed by atoms with Crippen LogP contribution in [0.5, 0.6) is 17.2 Å². The lowest BCUT2D eigenvalue weighted by molar-refractivity contribution is -0.126. The average Bonchev–Trinajstić information content (AvgIpc) is 3.27. The number of aliphatic imine (C=N–C) groups is 1. The molecule has 1 aliphatic rings. The number of ether oxygens (including phenoxy) is 2. The maximum absolute atomic E-state index is 14.5. The zero-order chi connectivity index (χ0) is 27.2. The van der Waals surface area contributed by atoms with E-state index in [-0.39, 0.29) is 23.3 Å². The van der Waals surface area contributed by atoms with Gasteiger partial charge in [-0.2, -0.15) is 4.39 Å². The molecule has 1 fully saturated rings. The van der Waals surface area contributed by atoms with E-state index < -0.39 is 5.82 Å². The Hall–Kier alpha value is -4.38. The van der Waals surface area contributed by atoms with E-state index in [0.29, 0.717) is 18.8 Å². The number of aromatic nitrogens is 2. The highest BCUT2D eigenvalue weighted by molar-refractivity contribution is 5.93. The molecular weight excluding hydrogens is 483 g/mol. The number of nitrogens with zero attached hydrogens (tertiary/aromatic N) is 4. The second kappa shape index (κ2) is 11.8. The molecule has 196 valence electrons. The van der Waals surface area contributed by atoms with Crippen LogP contribution in [0.4, 0.5) is 4.39 Å². The molecule has 0 unspecified atom stereocenters. The summed E-state index contributed by atoms with van der Waals surface area (Å²) in [4.78, 5) is 23.3. The molecule has 0 radical (unpaired) electrons. The number of benzene rings is 2. The number of allylic oxidation sites excluding steroid dienone is 1. The van der Waals surface area contributed by atoms with Gasteiger partial charge in [0.05, 0.1) is 12.8 Å². The molecule has 2 aromatic carbocycles. The normalized spacial score (nSPS) is 15.4. The number of methoxy groups -OCH3 is 1. The van der Waals surface area contributed by atoms with Gasteiger partial charge in [0, 0.05) is 42.2 Å². The molecule has 3 aromatic rings. The molecule has 1 atom stereocenters. The minimum Gasteiger partial charge on any atom is -0.494 e. The molecule has 0 N–H and O–H groups in total. The van der Waals surface area contributed by atoms with Crippen molar-refractivity contribution in [3.05, 3.63) is 66.0 Å². The summed E-state index contributed by atoms with van der Waals surface area (Å²) in [5.74, 6) is 6.25. The molecule has 1 aliphatic heterocycles. The topological polar surface area (TPSA) is 69.0 Å². The molecule has 1 saturated heterocycles. The largest absolute Gasteiger partial charge is 0.494 e. The second-order valence-corrected chi connectivity index (χ2v) is 9.06. The number of amides is 1. The highest BCUT2D eigenvalue weighted by Gasteiger charge is 2.29. The van der Waals surface area contributed by atoms with Gasteiger partial charge in [-0.25, -0.2) is 4.98 Å². The smallest absolute Gasteiger partial charge is 0.298 e. The number of likely N-dealkylation sites (tertiary alicyclic amines) is 1. The summed E-state index contributed by atoms with van der Waals surface area (Å²) in [6.07, 6.45) is 3.49. The van der Waals surface area contributed by atoms with Gasteiger partial charge >= 0.3 is 0 Å². The minimum atomic E-state index is -0.554. The van der Waals surface area contributed by atoms with Crippen molar-refractivity contribution in [1.82, 2.24) is 14.5 Å². The first-order valence-electron chi connectivity index (χ1n) is 12.4. The fraction of sp³-hybridized carbons (Fsp3) is 0.300. The highest BCUT2D eigenvalue weighted by Crippen LogP contribution is 2.35. The molecular formula is C30H31FN4O3. The molecule has 0 spiro atoms. The monoisotopic (exact) mass is 514 g/mol. The molecule has 7 nitrogen and oxygen atoms in total. The van der Waals surface area contributed by atoms with Crippen molar-refractivity contribution >= 4 is 18.3 Å². The van der Waals surface area contributed by atoms with Crippen molar-refractivity contribution in [3.63, 3.8) is 0 Å². The number of piperidine rings is 1. The molecule has 1 aromatic heterocycles. The molecule has 0 bridgehead atoms. The fourth-order valence-corrected chi connectivity index (χ4v) is 4.80. The van der Waals surface area contributed by atoms with E-state index in [0.717, 1.165) is 41.3 Å². The quantitative estimate of drug-likeness (QED) is 0.284. The molecule has 0 saturated carbocycles. The summed E-state index contributed by atoms with van der Waals surface area (Å²) in [6, 6.07) is 12.1. The predicted octanol–water partition coefficient (Wildman–Crippen LogP) is 6.05. The van der Waals surface area contributed by atoms with Gasteiger partial charge in [-0.15, -0.1) is 0 Å². The van der Waals surface area contributed by atoms with Crippen LogP contribution in [-0.4, -0.2) is 47.3 Å². The van der Waals surface area contributed by atoms with Crippen molar-refractivity contribution in [2.45, 2.75) is 39.5 Å². The number of rotatable bonds is 7. The Balaban J connectivity index is 1.67. The first kappa shape index (κ1) is 26.7. The summed E-state index contributed by atoms with van der Waals surface area (Å²) < 4.78 is 27.4. The molecule has 0 aliphatic carbocycles. The first-order valence-corrected chi connectivity index (χ1v) is 12.4. The number of carbonyl (C=O) groups is 1. The van der Waals surface area contributed by atoms with Crippen molar-refractivity contribution < 1.29 is 18.7 Å². The predicted molar refractivity (Wildman–Crippen MR) is 147 cm³/mol.